The quantitative estimate of drug-likeness (QED) is 0.554. The maximum absolute atomic E-state index is 12.8. The minimum Gasteiger partial charge on any atom is -0.481 e. The SMILES string of the molecule is Cc1ccccc1O[C@@H](C)C(=O)Nc1ccc(S(=O)(=O)Nc2c(C)cccc2C)cc1. The van der Waals surface area contributed by atoms with Gasteiger partial charge >= 0.3 is 0 Å². The lowest BCUT2D eigenvalue weighted by atomic mass is 10.1. The number of ether oxygens (including phenoxy) is 1. The molecule has 0 unspecified atom stereocenters. The van der Waals surface area contributed by atoms with E-state index in [2.05, 4.69) is 10.0 Å². The summed E-state index contributed by atoms with van der Waals surface area (Å²) in [4.78, 5) is 12.6. The molecule has 0 fully saturated rings. The van der Waals surface area contributed by atoms with Crippen LogP contribution in [0, 0.1) is 20.8 Å². The molecule has 0 spiro atoms. The van der Waals surface area contributed by atoms with Gasteiger partial charge in [0, 0.05) is 5.69 Å². The van der Waals surface area contributed by atoms with Gasteiger partial charge in [-0.2, -0.15) is 0 Å². The molecule has 0 heterocycles. The predicted molar refractivity (Wildman–Crippen MR) is 123 cm³/mol. The van der Waals surface area contributed by atoms with Gasteiger partial charge in [-0.05, 0) is 74.7 Å². The van der Waals surface area contributed by atoms with Crippen molar-refractivity contribution in [3.8, 4) is 5.75 Å². The molecule has 6 nitrogen and oxygen atoms in total. The van der Waals surface area contributed by atoms with E-state index < -0.39 is 16.1 Å². The molecule has 0 saturated carbocycles. The van der Waals surface area contributed by atoms with Crippen LogP contribution in [0.25, 0.3) is 0 Å². The topological polar surface area (TPSA) is 84.5 Å². The first-order valence-electron chi connectivity index (χ1n) is 9.89. The molecule has 0 aliphatic heterocycles. The second-order valence-corrected chi connectivity index (χ2v) is 9.09. The van der Waals surface area contributed by atoms with Crippen LogP contribution in [-0.4, -0.2) is 20.4 Å². The maximum Gasteiger partial charge on any atom is 0.265 e. The van der Waals surface area contributed by atoms with E-state index in [0.29, 0.717) is 17.1 Å². The molecule has 0 radical (unpaired) electrons. The third-order valence-corrected chi connectivity index (χ3v) is 6.28. The summed E-state index contributed by atoms with van der Waals surface area (Å²) in [7, 11) is -3.75. The maximum atomic E-state index is 12.8. The number of amides is 1. The van der Waals surface area contributed by atoms with Crippen molar-refractivity contribution < 1.29 is 17.9 Å². The molecule has 0 aromatic heterocycles. The zero-order valence-corrected chi connectivity index (χ0v) is 18.8. The molecule has 0 aliphatic carbocycles. The normalized spacial score (nSPS) is 12.1. The first kappa shape index (κ1) is 22.4. The molecule has 162 valence electrons. The zero-order chi connectivity index (χ0) is 22.6. The van der Waals surface area contributed by atoms with E-state index in [1.807, 2.05) is 63.2 Å². The lowest BCUT2D eigenvalue weighted by Gasteiger charge is -2.16. The number of hydrogen-bond donors (Lipinski definition) is 2. The van der Waals surface area contributed by atoms with Gasteiger partial charge in [0.1, 0.15) is 5.75 Å². The van der Waals surface area contributed by atoms with E-state index in [4.69, 9.17) is 4.74 Å². The number of hydrogen-bond acceptors (Lipinski definition) is 4. The highest BCUT2D eigenvalue weighted by Gasteiger charge is 2.18. The Balaban J connectivity index is 1.68. The molecule has 31 heavy (non-hydrogen) atoms. The second-order valence-electron chi connectivity index (χ2n) is 7.41. The first-order valence-corrected chi connectivity index (χ1v) is 11.4. The summed E-state index contributed by atoms with van der Waals surface area (Å²) in [5.41, 5.74) is 3.68. The molecular formula is C24H26N2O4S. The summed E-state index contributed by atoms with van der Waals surface area (Å²) < 4.78 is 33.9. The van der Waals surface area contributed by atoms with Crippen LogP contribution in [-0.2, 0) is 14.8 Å². The van der Waals surface area contributed by atoms with Gasteiger partial charge < -0.3 is 10.1 Å². The Labute approximate surface area is 183 Å². The molecule has 3 aromatic rings. The Morgan fingerprint density at radius 3 is 2.03 bits per heavy atom. The highest BCUT2D eigenvalue weighted by molar-refractivity contribution is 7.92. The Hall–Kier alpha value is -3.32. The number of carbonyl (C=O) groups excluding carboxylic acids is 1. The first-order chi connectivity index (χ1) is 14.7. The van der Waals surface area contributed by atoms with Crippen LogP contribution in [0.3, 0.4) is 0 Å². The average molecular weight is 439 g/mol. The standard InChI is InChI=1S/C24H26N2O4S/c1-16-8-5-6-11-22(16)30-19(4)24(27)25-20-12-14-21(15-13-20)31(28,29)26-23-17(2)9-7-10-18(23)3/h5-15,19,26H,1-4H3,(H,25,27)/t19-/m0/s1. The number of anilines is 2. The summed E-state index contributed by atoms with van der Waals surface area (Å²) in [6.07, 6.45) is -0.713. The molecule has 0 aliphatic rings. The van der Waals surface area contributed by atoms with Gasteiger partial charge in [0.15, 0.2) is 6.10 Å². The lowest BCUT2D eigenvalue weighted by Crippen LogP contribution is -2.30. The molecule has 3 rings (SSSR count). The number of sulfonamides is 1. The van der Waals surface area contributed by atoms with Gasteiger partial charge in [0.05, 0.1) is 10.6 Å². The van der Waals surface area contributed by atoms with Crippen LogP contribution in [0.1, 0.15) is 23.6 Å². The van der Waals surface area contributed by atoms with Crippen molar-refractivity contribution in [2.75, 3.05) is 10.0 Å². The van der Waals surface area contributed by atoms with Crippen molar-refractivity contribution in [2.24, 2.45) is 0 Å². The van der Waals surface area contributed by atoms with E-state index in [-0.39, 0.29) is 10.8 Å². The number of nitrogens with one attached hydrogen (secondary N) is 2. The minimum atomic E-state index is -3.75. The third-order valence-electron chi connectivity index (χ3n) is 4.92. The number of rotatable bonds is 7. The van der Waals surface area contributed by atoms with Crippen LogP contribution in [0.2, 0.25) is 0 Å². The van der Waals surface area contributed by atoms with Crippen molar-refractivity contribution in [1.82, 2.24) is 0 Å². The van der Waals surface area contributed by atoms with Gasteiger partial charge in [-0.3, -0.25) is 9.52 Å². The fraction of sp³-hybridized carbons (Fsp3) is 0.208. The van der Waals surface area contributed by atoms with Crippen LogP contribution in [0.4, 0.5) is 11.4 Å². The van der Waals surface area contributed by atoms with E-state index in [1.165, 1.54) is 12.1 Å². The molecular weight excluding hydrogens is 412 g/mol. The number of aryl methyl sites for hydroxylation is 3. The number of carbonyl (C=O) groups is 1. The number of benzene rings is 3. The van der Waals surface area contributed by atoms with Crippen molar-refractivity contribution in [3.05, 3.63) is 83.4 Å². The monoisotopic (exact) mass is 438 g/mol. The fourth-order valence-corrected chi connectivity index (χ4v) is 4.27. The third kappa shape index (κ3) is 5.44. The molecule has 1 atom stereocenters. The van der Waals surface area contributed by atoms with Crippen molar-refractivity contribution >= 4 is 27.3 Å². The zero-order valence-electron chi connectivity index (χ0n) is 18.0. The average Bonchev–Trinajstić information content (AvgIpc) is 2.73. The Bertz CT molecular complexity index is 1170. The summed E-state index contributed by atoms with van der Waals surface area (Å²) >= 11 is 0. The van der Waals surface area contributed by atoms with Crippen molar-refractivity contribution in [2.45, 2.75) is 38.7 Å². The Kier molecular flexibility index (Phi) is 6.65. The van der Waals surface area contributed by atoms with Crippen LogP contribution >= 0.6 is 0 Å². The van der Waals surface area contributed by atoms with Gasteiger partial charge in [-0.25, -0.2) is 8.42 Å². The van der Waals surface area contributed by atoms with Crippen LogP contribution in [0.15, 0.2) is 71.6 Å². The van der Waals surface area contributed by atoms with E-state index in [9.17, 15) is 13.2 Å². The van der Waals surface area contributed by atoms with Gasteiger partial charge in [-0.1, -0.05) is 36.4 Å². The molecule has 3 aromatic carbocycles. The molecule has 1 amide bonds. The van der Waals surface area contributed by atoms with Crippen LogP contribution in [0.5, 0.6) is 5.75 Å². The lowest BCUT2D eigenvalue weighted by molar-refractivity contribution is -0.122. The van der Waals surface area contributed by atoms with E-state index in [1.54, 1.807) is 19.1 Å². The minimum absolute atomic E-state index is 0.109. The second kappa shape index (κ2) is 9.22. The fourth-order valence-electron chi connectivity index (χ4n) is 3.06. The van der Waals surface area contributed by atoms with E-state index in [0.717, 1.165) is 16.7 Å². The highest BCUT2D eigenvalue weighted by Crippen LogP contribution is 2.24. The smallest absolute Gasteiger partial charge is 0.265 e. The van der Waals surface area contributed by atoms with Crippen molar-refractivity contribution in [3.63, 3.8) is 0 Å². The van der Waals surface area contributed by atoms with Gasteiger partial charge in [0.2, 0.25) is 0 Å². The van der Waals surface area contributed by atoms with Gasteiger partial charge in [-0.15, -0.1) is 0 Å². The summed E-state index contributed by atoms with van der Waals surface area (Å²) in [6.45, 7) is 7.27. The van der Waals surface area contributed by atoms with Crippen LogP contribution < -0.4 is 14.8 Å². The molecule has 7 heteroatoms. The summed E-state index contributed by atoms with van der Waals surface area (Å²) in [5, 5.41) is 2.75. The molecule has 2 N–H and O–H groups in total. The van der Waals surface area contributed by atoms with Gasteiger partial charge in [0.25, 0.3) is 15.9 Å². The van der Waals surface area contributed by atoms with E-state index >= 15 is 0 Å². The Morgan fingerprint density at radius 1 is 0.839 bits per heavy atom. The largest absolute Gasteiger partial charge is 0.481 e. The predicted octanol–water partition coefficient (Wildman–Crippen LogP) is 4.82. The van der Waals surface area contributed by atoms with Crippen molar-refractivity contribution in [1.29, 1.82) is 0 Å². The molecule has 0 saturated heterocycles. The Morgan fingerprint density at radius 2 is 1.42 bits per heavy atom. The number of para-hydroxylation sites is 2. The summed E-state index contributed by atoms with van der Waals surface area (Å²) in [6, 6.07) is 19.1. The highest BCUT2D eigenvalue weighted by atomic mass is 32.2. The summed E-state index contributed by atoms with van der Waals surface area (Å²) in [5.74, 6) is 0.316. The molecule has 0 bridgehead atoms.